The van der Waals surface area contributed by atoms with Gasteiger partial charge in [-0.1, -0.05) is 30.3 Å². The molecule has 0 aliphatic heterocycles. The van der Waals surface area contributed by atoms with Crippen molar-refractivity contribution in [2.45, 2.75) is 13.0 Å². The maximum atomic E-state index is 11.3. The smallest absolute Gasteiger partial charge is 0.271 e. The van der Waals surface area contributed by atoms with Crippen LogP contribution in [-0.4, -0.2) is 49.1 Å². The molecule has 0 bridgehead atoms. The van der Waals surface area contributed by atoms with Gasteiger partial charge in [0.1, 0.15) is 5.75 Å². The molecule has 0 saturated carbocycles. The minimum absolute atomic E-state index is 0.0407. The van der Waals surface area contributed by atoms with E-state index >= 15 is 0 Å². The van der Waals surface area contributed by atoms with Gasteiger partial charge in [-0.15, -0.1) is 0 Å². The summed E-state index contributed by atoms with van der Waals surface area (Å²) in [5.41, 5.74) is 3.75. The number of hydrogen-bond donors (Lipinski definition) is 0. The van der Waals surface area contributed by atoms with Crippen LogP contribution in [0.15, 0.2) is 66.7 Å². The molecule has 0 unspecified atom stereocenters. The fraction of sp³-hybridized carbons (Fsp3) is 0.269. The van der Waals surface area contributed by atoms with Crippen molar-refractivity contribution >= 4 is 33.2 Å². The Labute approximate surface area is 193 Å². The number of anilines is 1. The van der Waals surface area contributed by atoms with Gasteiger partial charge in [-0.3, -0.25) is 10.1 Å². The van der Waals surface area contributed by atoms with Gasteiger partial charge in [-0.25, -0.2) is 4.98 Å². The van der Waals surface area contributed by atoms with Crippen LogP contribution in [0, 0.1) is 10.1 Å². The van der Waals surface area contributed by atoms with Gasteiger partial charge in [0.2, 0.25) is 0 Å². The van der Waals surface area contributed by atoms with Crippen LogP contribution in [-0.2, 0) is 6.54 Å². The standard InChI is InChI=1S/C26H28N4O3/c1-28(18-19-8-5-4-6-9-19)14-7-15-29(2)26-22-12-10-20(30(31)32)16-25(22)27-24-13-11-21(33-3)17-23(24)26/h4-6,8-13,16-17H,7,14-15,18H2,1-3H3. The number of nitrogens with zero attached hydrogens (tertiary/aromatic N) is 4. The first kappa shape index (κ1) is 22.5. The van der Waals surface area contributed by atoms with Crippen LogP contribution in [0.4, 0.5) is 11.4 Å². The second kappa shape index (κ2) is 9.83. The van der Waals surface area contributed by atoms with Crippen LogP contribution in [0.2, 0.25) is 0 Å². The van der Waals surface area contributed by atoms with Gasteiger partial charge in [0.25, 0.3) is 5.69 Å². The minimum atomic E-state index is -0.384. The van der Waals surface area contributed by atoms with E-state index in [4.69, 9.17) is 9.72 Å². The Balaban J connectivity index is 1.61. The Bertz CT molecular complexity index is 1280. The lowest BCUT2D eigenvalue weighted by molar-refractivity contribution is -0.384. The van der Waals surface area contributed by atoms with Crippen LogP contribution in [0.5, 0.6) is 5.75 Å². The van der Waals surface area contributed by atoms with Crippen molar-refractivity contribution in [3.05, 3.63) is 82.4 Å². The van der Waals surface area contributed by atoms with E-state index in [-0.39, 0.29) is 10.6 Å². The largest absolute Gasteiger partial charge is 0.497 e. The quantitative estimate of drug-likeness (QED) is 0.199. The monoisotopic (exact) mass is 444 g/mol. The number of nitro benzene ring substituents is 1. The highest BCUT2D eigenvalue weighted by Gasteiger charge is 2.17. The number of pyridine rings is 1. The molecule has 0 radical (unpaired) electrons. The lowest BCUT2D eigenvalue weighted by Gasteiger charge is -2.25. The molecule has 0 saturated heterocycles. The maximum absolute atomic E-state index is 11.3. The van der Waals surface area contributed by atoms with Crippen LogP contribution < -0.4 is 9.64 Å². The number of benzene rings is 3. The van der Waals surface area contributed by atoms with Gasteiger partial charge >= 0.3 is 0 Å². The van der Waals surface area contributed by atoms with E-state index in [9.17, 15) is 10.1 Å². The highest BCUT2D eigenvalue weighted by Crippen LogP contribution is 2.36. The molecular formula is C26H28N4O3. The molecule has 4 rings (SSSR count). The van der Waals surface area contributed by atoms with Gasteiger partial charge in [0, 0.05) is 43.0 Å². The molecule has 0 spiro atoms. The Morgan fingerprint density at radius 2 is 1.73 bits per heavy atom. The molecule has 0 N–H and O–H groups in total. The number of hydrogen-bond acceptors (Lipinski definition) is 6. The van der Waals surface area contributed by atoms with Crippen LogP contribution >= 0.6 is 0 Å². The van der Waals surface area contributed by atoms with Crippen LogP contribution in [0.3, 0.4) is 0 Å². The van der Waals surface area contributed by atoms with Crippen molar-refractivity contribution < 1.29 is 9.66 Å². The Morgan fingerprint density at radius 3 is 2.45 bits per heavy atom. The molecule has 7 nitrogen and oxygen atoms in total. The summed E-state index contributed by atoms with van der Waals surface area (Å²) in [6, 6.07) is 21.1. The fourth-order valence-electron chi connectivity index (χ4n) is 4.21. The van der Waals surface area contributed by atoms with E-state index in [0.717, 1.165) is 53.8 Å². The number of fused-ring (bicyclic) bond motifs is 2. The number of non-ortho nitro benzene ring substituents is 1. The molecular weight excluding hydrogens is 416 g/mol. The lowest BCUT2D eigenvalue weighted by atomic mass is 10.1. The maximum Gasteiger partial charge on any atom is 0.271 e. The van der Waals surface area contributed by atoms with E-state index in [1.165, 1.54) is 5.56 Å². The molecule has 0 atom stereocenters. The SMILES string of the molecule is COc1ccc2nc3cc([N+](=O)[O-])ccc3c(N(C)CCCN(C)Cc3ccccc3)c2c1. The number of nitro groups is 1. The third-order valence-electron chi connectivity index (χ3n) is 5.86. The highest BCUT2D eigenvalue weighted by molar-refractivity contribution is 6.08. The van der Waals surface area contributed by atoms with Crippen molar-refractivity contribution in [3.63, 3.8) is 0 Å². The van der Waals surface area contributed by atoms with Gasteiger partial charge in [-0.2, -0.15) is 0 Å². The summed E-state index contributed by atoms with van der Waals surface area (Å²) in [6.07, 6.45) is 0.974. The number of ether oxygens (including phenoxy) is 1. The third-order valence-corrected chi connectivity index (χ3v) is 5.86. The summed E-state index contributed by atoms with van der Waals surface area (Å²) in [4.78, 5) is 20.1. The second-order valence-electron chi connectivity index (χ2n) is 8.30. The number of rotatable bonds is 9. The molecule has 0 aliphatic rings. The van der Waals surface area contributed by atoms with Crippen molar-refractivity contribution in [3.8, 4) is 5.75 Å². The molecule has 1 aromatic heterocycles. The number of aromatic nitrogens is 1. The molecule has 0 amide bonds. The Kier molecular flexibility index (Phi) is 6.70. The van der Waals surface area contributed by atoms with E-state index < -0.39 is 0 Å². The summed E-state index contributed by atoms with van der Waals surface area (Å²) in [7, 11) is 5.84. The summed E-state index contributed by atoms with van der Waals surface area (Å²) in [5.74, 6) is 0.753. The van der Waals surface area contributed by atoms with E-state index in [1.807, 2.05) is 24.3 Å². The average Bonchev–Trinajstić information content (AvgIpc) is 2.82. The molecule has 0 fully saturated rings. The normalized spacial score (nSPS) is 11.3. The summed E-state index contributed by atoms with van der Waals surface area (Å²) in [5, 5.41) is 13.2. The zero-order chi connectivity index (χ0) is 23.4. The second-order valence-corrected chi connectivity index (χ2v) is 8.30. The molecule has 3 aromatic carbocycles. The van der Waals surface area contributed by atoms with Crippen molar-refractivity contribution in [2.75, 3.05) is 39.2 Å². The summed E-state index contributed by atoms with van der Waals surface area (Å²) in [6.45, 7) is 2.70. The first-order valence-corrected chi connectivity index (χ1v) is 11.0. The Hall–Kier alpha value is -3.71. The fourth-order valence-corrected chi connectivity index (χ4v) is 4.21. The van der Waals surface area contributed by atoms with Crippen molar-refractivity contribution in [1.82, 2.24) is 9.88 Å². The third kappa shape index (κ3) is 5.04. The topological polar surface area (TPSA) is 71.7 Å². The van der Waals surface area contributed by atoms with Crippen LogP contribution in [0.1, 0.15) is 12.0 Å². The molecule has 1 heterocycles. The van der Waals surface area contributed by atoms with Gasteiger partial charge < -0.3 is 14.5 Å². The van der Waals surface area contributed by atoms with Crippen molar-refractivity contribution in [2.24, 2.45) is 0 Å². The minimum Gasteiger partial charge on any atom is -0.497 e. The van der Waals surface area contributed by atoms with E-state index in [1.54, 1.807) is 25.3 Å². The van der Waals surface area contributed by atoms with Gasteiger partial charge in [-0.05, 0) is 49.8 Å². The van der Waals surface area contributed by atoms with E-state index in [2.05, 4.69) is 48.2 Å². The lowest BCUT2D eigenvalue weighted by Crippen LogP contribution is -2.25. The van der Waals surface area contributed by atoms with Crippen molar-refractivity contribution in [1.29, 1.82) is 0 Å². The predicted octanol–water partition coefficient (Wildman–Crippen LogP) is 5.26. The average molecular weight is 445 g/mol. The first-order chi connectivity index (χ1) is 16.0. The zero-order valence-electron chi connectivity index (χ0n) is 19.2. The van der Waals surface area contributed by atoms with Gasteiger partial charge in [0.15, 0.2) is 0 Å². The molecule has 0 aliphatic carbocycles. The Morgan fingerprint density at radius 1 is 0.939 bits per heavy atom. The van der Waals surface area contributed by atoms with E-state index in [0.29, 0.717) is 5.52 Å². The van der Waals surface area contributed by atoms with Gasteiger partial charge in [0.05, 0.1) is 28.8 Å². The highest BCUT2D eigenvalue weighted by atomic mass is 16.6. The molecule has 33 heavy (non-hydrogen) atoms. The number of methoxy groups -OCH3 is 1. The molecule has 7 heteroatoms. The summed E-state index contributed by atoms with van der Waals surface area (Å²) < 4.78 is 5.45. The molecule has 170 valence electrons. The van der Waals surface area contributed by atoms with Crippen LogP contribution in [0.25, 0.3) is 21.8 Å². The predicted molar refractivity (Wildman–Crippen MR) is 133 cm³/mol. The zero-order valence-corrected chi connectivity index (χ0v) is 19.2. The summed E-state index contributed by atoms with van der Waals surface area (Å²) >= 11 is 0. The molecule has 4 aromatic rings. The first-order valence-electron chi connectivity index (χ1n) is 11.0.